The van der Waals surface area contributed by atoms with E-state index < -0.39 is 17.2 Å². The normalized spacial score (nSPS) is 22.1. The fourth-order valence-corrected chi connectivity index (χ4v) is 6.15. The zero-order valence-corrected chi connectivity index (χ0v) is 20.9. The van der Waals surface area contributed by atoms with Crippen molar-refractivity contribution >= 4 is 40.0 Å². The van der Waals surface area contributed by atoms with Crippen LogP contribution in [0.3, 0.4) is 0 Å². The van der Waals surface area contributed by atoms with Crippen molar-refractivity contribution < 1.29 is 9.18 Å². The maximum Gasteiger partial charge on any atom is 0.314 e. The van der Waals surface area contributed by atoms with Gasteiger partial charge in [-0.25, -0.2) is 9.18 Å². The molecule has 2 aromatic heterocycles. The van der Waals surface area contributed by atoms with E-state index in [9.17, 15) is 4.79 Å². The van der Waals surface area contributed by atoms with Gasteiger partial charge in [-0.1, -0.05) is 6.07 Å². The van der Waals surface area contributed by atoms with Gasteiger partial charge in [0.25, 0.3) is 0 Å². The van der Waals surface area contributed by atoms with Crippen LogP contribution in [-0.4, -0.2) is 34.8 Å². The molecule has 1 fully saturated rings. The number of likely N-dealkylation sites (tertiary alicyclic amines) is 1. The molecule has 5 nitrogen and oxygen atoms in total. The number of urea groups is 1. The summed E-state index contributed by atoms with van der Waals surface area (Å²) < 4.78 is 17.2. The number of alkyl halides is 1. The van der Waals surface area contributed by atoms with Crippen LogP contribution in [0.25, 0.3) is 0 Å². The summed E-state index contributed by atoms with van der Waals surface area (Å²) in [6.45, 7) is 8.99. The molecular weight excluding hydrogens is 514 g/mol. The Kier molecular flexibility index (Phi) is 6.79. The topological polar surface area (TPSA) is 71.2 Å². The van der Waals surface area contributed by atoms with Gasteiger partial charge in [0.05, 0.1) is 2.88 Å². The predicted octanol–water partition coefficient (Wildman–Crippen LogP) is 4.97. The summed E-state index contributed by atoms with van der Waals surface area (Å²) >= 11 is 4.03. The Bertz CT molecular complexity index is 899. The predicted molar refractivity (Wildman–Crippen MR) is 128 cm³/mol. The fraction of sp³-hybridized carbons (Fsp3) is 0.545. The molecule has 1 saturated heterocycles. The number of nitrogens with zero attached hydrogens (tertiary/aromatic N) is 2. The lowest BCUT2D eigenvalue weighted by molar-refractivity contribution is -0.0206. The maximum absolute atomic E-state index is 16.0. The number of pyridine rings is 1. The van der Waals surface area contributed by atoms with Crippen molar-refractivity contribution in [1.29, 1.82) is 0 Å². The van der Waals surface area contributed by atoms with E-state index in [1.165, 1.54) is 14.7 Å². The maximum atomic E-state index is 16.0. The second-order valence-electron chi connectivity index (χ2n) is 8.90. The van der Waals surface area contributed by atoms with E-state index in [-0.39, 0.29) is 5.54 Å². The van der Waals surface area contributed by atoms with E-state index in [2.05, 4.69) is 69.8 Å². The van der Waals surface area contributed by atoms with Crippen LogP contribution in [0.4, 0.5) is 9.18 Å². The van der Waals surface area contributed by atoms with E-state index in [1.54, 1.807) is 11.3 Å². The number of amides is 2. The van der Waals surface area contributed by atoms with Gasteiger partial charge in [0, 0.05) is 34.3 Å². The van der Waals surface area contributed by atoms with Gasteiger partial charge in [-0.15, -0.1) is 11.3 Å². The molecule has 2 atom stereocenters. The van der Waals surface area contributed by atoms with Crippen LogP contribution in [0.5, 0.6) is 0 Å². The Morgan fingerprint density at radius 2 is 2.10 bits per heavy atom. The van der Waals surface area contributed by atoms with Gasteiger partial charge in [0.15, 0.2) is 5.79 Å². The summed E-state index contributed by atoms with van der Waals surface area (Å²) in [4.78, 5) is 19.6. The van der Waals surface area contributed by atoms with Crippen LogP contribution >= 0.6 is 33.9 Å². The third-order valence-corrected chi connectivity index (χ3v) is 8.55. The second-order valence-corrected chi connectivity index (χ2v) is 12.0. The highest BCUT2D eigenvalue weighted by Crippen LogP contribution is 2.48. The van der Waals surface area contributed by atoms with Crippen LogP contribution in [-0.2, 0) is 12.0 Å². The third-order valence-electron chi connectivity index (χ3n) is 6.59. The molecule has 0 bridgehead atoms. The van der Waals surface area contributed by atoms with Crippen molar-refractivity contribution in [3.05, 3.63) is 49.5 Å². The third kappa shape index (κ3) is 4.80. The monoisotopic (exact) mass is 544 g/mol. The molecule has 1 aliphatic heterocycles. The van der Waals surface area contributed by atoms with Gasteiger partial charge >= 0.3 is 6.03 Å². The van der Waals surface area contributed by atoms with Gasteiger partial charge in [0.1, 0.15) is 0 Å². The van der Waals surface area contributed by atoms with E-state index in [0.717, 1.165) is 24.2 Å². The first-order chi connectivity index (χ1) is 13.9. The largest absolute Gasteiger partial charge is 0.352 e. The molecule has 2 unspecified atom stereocenters. The van der Waals surface area contributed by atoms with E-state index in [0.29, 0.717) is 19.4 Å². The highest BCUT2D eigenvalue weighted by atomic mass is 127. The molecule has 0 aliphatic carbocycles. The van der Waals surface area contributed by atoms with Crippen molar-refractivity contribution in [3.8, 4) is 0 Å². The minimum atomic E-state index is -1.90. The second kappa shape index (κ2) is 8.70. The summed E-state index contributed by atoms with van der Waals surface area (Å²) in [5.41, 5.74) is 6.37. The first-order valence-electron chi connectivity index (χ1n) is 10.1. The lowest BCUT2D eigenvalue weighted by atomic mass is 9.74. The molecule has 1 aliphatic rings. The van der Waals surface area contributed by atoms with Crippen LogP contribution in [0, 0.1) is 15.2 Å². The van der Waals surface area contributed by atoms with Crippen LogP contribution < -0.4 is 11.1 Å². The fourth-order valence-electron chi connectivity index (χ4n) is 4.40. The van der Waals surface area contributed by atoms with E-state index in [4.69, 9.17) is 5.73 Å². The van der Waals surface area contributed by atoms with Gasteiger partial charge < -0.3 is 11.1 Å². The van der Waals surface area contributed by atoms with Crippen molar-refractivity contribution in [2.45, 2.75) is 58.3 Å². The minimum Gasteiger partial charge on any atom is -0.352 e. The van der Waals surface area contributed by atoms with Crippen LogP contribution in [0.15, 0.2) is 30.5 Å². The highest BCUT2D eigenvalue weighted by Gasteiger charge is 2.55. The number of aromatic nitrogens is 1. The summed E-state index contributed by atoms with van der Waals surface area (Å²) in [5, 5.41) is 2.40. The molecule has 164 valence electrons. The molecule has 0 radical (unpaired) electrons. The molecule has 2 aromatic rings. The molecule has 0 aromatic carbocycles. The molecule has 2 amide bonds. The number of nitrogens with two attached hydrogens (primary N) is 1. The van der Waals surface area contributed by atoms with Crippen LogP contribution in [0.2, 0.25) is 0 Å². The number of carbonyl (C=O) groups excluding carboxylic acids is 1. The lowest BCUT2D eigenvalue weighted by Gasteiger charge is -2.43. The van der Waals surface area contributed by atoms with Gasteiger partial charge in [-0.2, -0.15) is 0 Å². The van der Waals surface area contributed by atoms with Gasteiger partial charge in [-0.3, -0.25) is 9.88 Å². The average molecular weight is 544 g/mol. The van der Waals surface area contributed by atoms with Gasteiger partial charge in [0.2, 0.25) is 0 Å². The zero-order chi connectivity index (χ0) is 22.2. The quantitative estimate of drug-likeness (QED) is 0.382. The summed E-state index contributed by atoms with van der Waals surface area (Å²) in [6, 6.07) is 7.45. The number of halogens is 2. The van der Waals surface area contributed by atoms with Crippen LogP contribution in [0.1, 0.15) is 49.7 Å². The van der Waals surface area contributed by atoms with Crippen molar-refractivity contribution in [2.75, 3.05) is 13.1 Å². The summed E-state index contributed by atoms with van der Waals surface area (Å²) in [5.74, 6) is -1.90. The Morgan fingerprint density at radius 3 is 2.67 bits per heavy atom. The van der Waals surface area contributed by atoms with Crippen molar-refractivity contribution in [3.63, 3.8) is 0 Å². The molecule has 3 rings (SSSR count). The smallest absolute Gasteiger partial charge is 0.314 e. The Hall–Kier alpha value is -1.26. The summed E-state index contributed by atoms with van der Waals surface area (Å²) in [7, 11) is 0. The first kappa shape index (κ1) is 23.4. The van der Waals surface area contributed by atoms with Gasteiger partial charge in [-0.05, 0) is 99.9 Å². The number of carbonyl (C=O) groups is 1. The Morgan fingerprint density at radius 1 is 1.37 bits per heavy atom. The zero-order valence-electron chi connectivity index (χ0n) is 18.0. The number of hydrogen-bond acceptors (Lipinski definition) is 4. The lowest BCUT2D eigenvalue weighted by Crippen LogP contribution is -2.58. The van der Waals surface area contributed by atoms with E-state index >= 15 is 4.39 Å². The first-order valence-corrected chi connectivity index (χ1v) is 12.0. The standard InChI is InChI=1S/C22H30FIN4OS/c1-15-5-6-16(13-26-15)20(2,3)28-12-11-22(14-28,21(4,23)27-19(25)29)10-9-17-7-8-18(24)30-17/h5-8,13H,9-12,14H2,1-4H3,(H3,25,27,29). The van der Waals surface area contributed by atoms with Crippen molar-refractivity contribution in [1.82, 2.24) is 15.2 Å². The molecule has 0 spiro atoms. The number of primary amides is 1. The SMILES string of the molecule is Cc1ccc(C(C)(C)N2CCC(CCc3ccc(I)s3)(C(C)(F)NC(N)=O)C2)cn1. The molecular formula is C22H30FIN4OS. The summed E-state index contributed by atoms with van der Waals surface area (Å²) in [6.07, 6.45) is 3.95. The molecule has 3 N–H and O–H groups in total. The number of hydrogen-bond donors (Lipinski definition) is 2. The molecule has 8 heteroatoms. The molecule has 30 heavy (non-hydrogen) atoms. The Labute approximate surface area is 195 Å². The van der Waals surface area contributed by atoms with E-state index in [1.807, 2.05) is 19.2 Å². The average Bonchev–Trinajstić information content (AvgIpc) is 3.27. The molecule has 3 heterocycles. The Balaban J connectivity index is 1.87. The van der Waals surface area contributed by atoms with Crippen molar-refractivity contribution in [2.24, 2.45) is 11.1 Å². The number of rotatable bonds is 7. The molecule has 0 saturated carbocycles. The number of thiophene rings is 1. The minimum absolute atomic E-state index is 0.302. The number of nitrogens with one attached hydrogen (secondary N) is 1. The highest BCUT2D eigenvalue weighted by molar-refractivity contribution is 14.1. The number of aryl methyl sites for hydroxylation is 2.